The van der Waals surface area contributed by atoms with Crippen LogP contribution in [0.3, 0.4) is 0 Å². The van der Waals surface area contributed by atoms with E-state index in [9.17, 15) is 4.79 Å². The first-order chi connectivity index (χ1) is 7.60. The van der Waals surface area contributed by atoms with Crippen LogP contribution in [-0.4, -0.2) is 50.2 Å². The van der Waals surface area contributed by atoms with Crippen molar-refractivity contribution in [2.75, 3.05) is 20.8 Å². The number of rotatable bonds is 6. The smallest absolute Gasteiger partial charge is 0.309 e. The summed E-state index contributed by atoms with van der Waals surface area (Å²) in [5.41, 5.74) is 0. The number of hydrogen-bond donors (Lipinski definition) is 1. The van der Waals surface area contributed by atoms with Crippen LogP contribution in [0.15, 0.2) is 0 Å². The number of aliphatic carboxylic acids is 1. The Morgan fingerprint density at radius 2 is 2.25 bits per heavy atom. The van der Waals surface area contributed by atoms with Crippen molar-refractivity contribution in [2.45, 2.75) is 38.1 Å². The minimum atomic E-state index is -0.811. The van der Waals surface area contributed by atoms with Crippen molar-refractivity contribution >= 4 is 5.97 Å². The van der Waals surface area contributed by atoms with Crippen molar-refractivity contribution in [1.29, 1.82) is 0 Å². The standard InChI is InChI=1S/C11H20O5/c1-7(15-3)10-9(11(12)13)6-8(16-10)4-5-14-2/h7-10H,4-6H2,1-3H3,(H,12,13). The molecule has 0 saturated carbocycles. The molecule has 0 radical (unpaired) electrons. The SMILES string of the molecule is COCCC1CC(C(=O)O)C(C(C)OC)O1. The summed E-state index contributed by atoms with van der Waals surface area (Å²) in [6.07, 6.45) is 0.672. The maximum absolute atomic E-state index is 11.1. The highest BCUT2D eigenvalue weighted by Gasteiger charge is 2.42. The van der Waals surface area contributed by atoms with Gasteiger partial charge < -0.3 is 19.3 Å². The van der Waals surface area contributed by atoms with Gasteiger partial charge in [0.05, 0.1) is 24.2 Å². The van der Waals surface area contributed by atoms with Crippen LogP contribution in [0.25, 0.3) is 0 Å². The van der Waals surface area contributed by atoms with E-state index in [4.69, 9.17) is 19.3 Å². The number of carboxylic acid groups (broad SMARTS) is 1. The van der Waals surface area contributed by atoms with Crippen LogP contribution in [0.1, 0.15) is 19.8 Å². The third-order valence-electron chi connectivity index (χ3n) is 3.06. The topological polar surface area (TPSA) is 65.0 Å². The molecule has 0 aromatic carbocycles. The van der Waals surface area contributed by atoms with Gasteiger partial charge in [-0.15, -0.1) is 0 Å². The van der Waals surface area contributed by atoms with Crippen LogP contribution >= 0.6 is 0 Å². The third kappa shape index (κ3) is 3.17. The fourth-order valence-corrected chi connectivity index (χ4v) is 2.04. The molecular formula is C11H20O5. The summed E-state index contributed by atoms with van der Waals surface area (Å²) in [5.74, 6) is -1.29. The highest BCUT2D eigenvalue weighted by atomic mass is 16.5. The lowest BCUT2D eigenvalue weighted by atomic mass is 9.96. The van der Waals surface area contributed by atoms with Gasteiger partial charge in [-0.25, -0.2) is 0 Å². The van der Waals surface area contributed by atoms with Gasteiger partial charge in [0, 0.05) is 20.8 Å². The molecule has 94 valence electrons. The molecule has 0 amide bonds. The summed E-state index contributed by atoms with van der Waals surface area (Å²) in [5, 5.41) is 9.10. The lowest BCUT2D eigenvalue weighted by Gasteiger charge is -2.21. The van der Waals surface area contributed by atoms with Crippen molar-refractivity contribution in [3.63, 3.8) is 0 Å². The van der Waals surface area contributed by atoms with E-state index >= 15 is 0 Å². The monoisotopic (exact) mass is 232 g/mol. The quantitative estimate of drug-likeness (QED) is 0.737. The van der Waals surface area contributed by atoms with Crippen LogP contribution in [0.4, 0.5) is 0 Å². The molecule has 0 bridgehead atoms. The second-order valence-corrected chi connectivity index (χ2v) is 4.13. The van der Waals surface area contributed by atoms with E-state index < -0.39 is 11.9 Å². The van der Waals surface area contributed by atoms with Gasteiger partial charge in [-0.1, -0.05) is 0 Å². The minimum Gasteiger partial charge on any atom is -0.481 e. The molecule has 1 N–H and O–H groups in total. The number of ether oxygens (including phenoxy) is 3. The molecule has 1 heterocycles. The summed E-state index contributed by atoms with van der Waals surface area (Å²) >= 11 is 0. The second kappa shape index (κ2) is 6.18. The predicted molar refractivity (Wildman–Crippen MR) is 57.4 cm³/mol. The predicted octanol–water partition coefficient (Wildman–Crippen LogP) is 0.916. The highest BCUT2D eigenvalue weighted by Crippen LogP contribution is 2.31. The van der Waals surface area contributed by atoms with Gasteiger partial charge in [-0.3, -0.25) is 4.79 Å². The van der Waals surface area contributed by atoms with Crippen molar-refractivity contribution in [2.24, 2.45) is 5.92 Å². The van der Waals surface area contributed by atoms with Crippen molar-refractivity contribution in [3.05, 3.63) is 0 Å². The molecule has 5 nitrogen and oxygen atoms in total. The molecule has 0 aromatic rings. The largest absolute Gasteiger partial charge is 0.481 e. The number of methoxy groups -OCH3 is 2. The first-order valence-corrected chi connectivity index (χ1v) is 5.50. The van der Waals surface area contributed by atoms with Crippen LogP contribution in [0, 0.1) is 5.92 Å². The van der Waals surface area contributed by atoms with Crippen LogP contribution in [-0.2, 0) is 19.0 Å². The molecule has 1 aliphatic heterocycles. The Morgan fingerprint density at radius 3 is 2.75 bits per heavy atom. The van der Waals surface area contributed by atoms with Crippen molar-refractivity contribution in [1.82, 2.24) is 0 Å². The van der Waals surface area contributed by atoms with E-state index in [0.717, 1.165) is 6.42 Å². The Bertz CT molecular complexity index is 230. The Balaban J connectivity index is 2.57. The number of carbonyl (C=O) groups is 1. The fraction of sp³-hybridized carbons (Fsp3) is 0.909. The van der Waals surface area contributed by atoms with Crippen molar-refractivity contribution in [3.8, 4) is 0 Å². The summed E-state index contributed by atoms with van der Waals surface area (Å²) in [4.78, 5) is 11.1. The highest BCUT2D eigenvalue weighted by molar-refractivity contribution is 5.71. The average Bonchev–Trinajstić information content (AvgIpc) is 2.69. The Kier molecular flexibility index (Phi) is 5.18. The van der Waals surface area contributed by atoms with Crippen LogP contribution in [0.5, 0.6) is 0 Å². The van der Waals surface area contributed by atoms with Crippen molar-refractivity contribution < 1.29 is 24.1 Å². The molecule has 0 aliphatic carbocycles. The normalized spacial score (nSPS) is 31.6. The van der Waals surface area contributed by atoms with Gasteiger partial charge >= 0.3 is 5.97 Å². The summed E-state index contributed by atoms with van der Waals surface area (Å²) in [7, 11) is 3.19. The van der Waals surface area contributed by atoms with Gasteiger partial charge in [0.1, 0.15) is 0 Å². The summed E-state index contributed by atoms with van der Waals surface area (Å²) in [6, 6.07) is 0. The zero-order valence-electron chi connectivity index (χ0n) is 10.0. The summed E-state index contributed by atoms with van der Waals surface area (Å²) < 4.78 is 15.8. The molecule has 1 saturated heterocycles. The number of carboxylic acids is 1. The molecule has 1 rings (SSSR count). The van der Waals surface area contributed by atoms with E-state index in [1.54, 1.807) is 14.2 Å². The summed E-state index contributed by atoms with van der Waals surface area (Å²) in [6.45, 7) is 2.42. The van der Waals surface area contributed by atoms with Crippen LogP contribution < -0.4 is 0 Å². The molecule has 0 spiro atoms. The maximum Gasteiger partial charge on any atom is 0.309 e. The molecule has 4 unspecified atom stereocenters. The Hall–Kier alpha value is -0.650. The minimum absolute atomic E-state index is 0.0383. The molecule has 5 heteroatoms. The van der Waals surface area contributed by atoms with Gasteiger partial charge in [-0.05, 0) is 19.8 Å². The van der Waals surface area contributed by atoms with Gasteiger partial charge in [0.25, 0.3) is 0 Å². The second-order valence-electron chi connectivity index (χ2n) is 4.13. The molecule has 4 atom stereocenters. The molecular weight excluding hydrogens is 212 g/mol. The lowest BCUT2D eigenvalue weighted by molar-refractivity contribution is -0.146. The average molecular weight is 232 g/mol. The molecule has 1 fully saturated rings. The van der Waals surface area contributed by atoms with Gasteiger partial charge in [0.2, 0.25) is 0 Å². The first-order valence-electron chi connectivity index (χ1n) is 5.50. The lowest BCUT2D eigenvalue weighted by Crippen LogP contribution is -2.34. The van der Waals surface area contributed by atoms with E-state index in [1.807, 2.05) is 6.92 Å². The fourth-order valence-electron chi connectivity index (χ4n) is 2.04. The molecule has 16 heavy (non-hydrogen) atoms. The van der Waals surface area contributed by atoms with E-state index in [0.29, 0.717) is 13.0 Å². The molecule has 0 aromatic heterocycles. The van der Waals surface area contributed by atoms with Gasteiger partial charge in [0.15, 0.2) is 0 Å². The molecule has 1 aliphatic rings. The van der Waals surface area contributed by atoms with E-state index in [2.05, 4.69) is 0 Å². The first kappa shape index (κ1) is 13.4. The Morgan fingerprint density at radius 1 is 1.56 bits per heavy atom. The van der Waals surface area contributed by atoms with Crippen LogP contribution in [0.2, 0.25) is 0 Å². The van der Waals surface area contributed by atoms with E-state index in [-0.39, 0.29) is 18.3 Å². The Labute approximate surface area is 95.7 Å². The van der Waals surface area contributed by atoms with E-state index in [1.165, 1.54) is 0 Å². The third-order valence-corrected chi connectivity index (χ3v) is 3.06. The maximum atomic E-state index is 11.1. The number of hydrogen-bond acceptors (Lipinski definition) is 4. The van der Waals surface area contributed by atoms with Gasteiger partial charge in [-0.2, -0.15) is 0 Å². The zero-order chi connectivity index (χ0) is 12.1. The zero-order valence-corrected chi connectivity index (χ0v) is 10.0.